The van der Waals surface area contributed by atoms with E-state index in [1.807, 2.05) is 12.1 Å². The van der Waals surface area contributed by atoms with Crippen molar-refractivity contribution >= 4 is 22.9 Å². The maximum absolute atomic E-state index is 12.9. The Labute approximate surface area is 168 Å². The van der Waals surface area contributed by atoms with Crippen molar-refractivity contribution in [1.82, 2.24) is 5.32 Å². The van der Waals surface area contributed by atoms with Gasteiger partial charge >= 0.3 is 6.18 Å². The fraction of sp³-hybridized carbons (Fsp3) is 0.300. The highest BCUT2D eigenvalue weighted by molar-refractivity contribution is 8.15. The number of aryl methyl sites for hydroxylation is 1. The van der Waals surface area contributed by atoms with Crippen molar-refractivity contribution in [2.24, 2.45) is 5.73 Å². The van der Waals surface area contributed by atoms with Gasteiger partial charge in [0.05, 0.1) is 5.56 Å². The van der Waals surface area contributed by atoms with Gasteiger partial charge in [-0.15, -0.1) is 0 Å². The normalized spacial score (nSPS) is 21.2. The van der Waals surface area contributed by atoms with Crippen LogP contribution < -0.4 is 15.8 Å². The van der Waals surface area contributed by atoms with E-state index in [9.17, 15) is 22.8 Å². The van der Waals surface area contributed by atoms with E-state index in [4.69, 9.17) is 10.5 Å². The van der Waals surface area contributed by atoms with Gasteiger partial charge in [0.1, 0.15) is 16.7 Å². The first-order chi connectivity index (χ1) is 13.8. The summed E-state index contributed by atoms with van der Waals surface area (Å²) in [6, 6.07) is 8.62. The number of imide groups is 1. The zero-order valence-corrected chi connectivity index (χ0v) is 15.9. The summed E-state index contributed by atoms with van der Waals surface area (Å²) in [6.07, 6.45) is -2.98. The smallest absolute Gasteiger partial charge is 0.416 e. The van der Waals surface area contributed by atoms with Crippen LogP contribution in [-0.4, -0.2) is 16.4 Å². The molecule has 1 fully saturated rings. The number of benzene rings is 2. The molecule has 1 heterocycles. The van der Waals surface area contributed by atoms with Gasteiger partial charge < -0.3 is 10.5 Å². The summed E-state index contributed by atoms with van der Waals surface area (Å²) in [5.41, 5.74) is 7.08. The summed E-state index contributed by atoms with van der Waals surface area (Å²) >= 11 is 1.01. The third-order valence-electron chi connectivity index (χ3n) is 5.16. The Morgan fingerprint density at radius 3 is 2.62 bits per heavy atom. The van der Waals surface area contributed by atoms with E-state index in [1.54, 1.807) is 6.07 Å². The van der Waals surface area contributed by atoms with Crippen LogP contribution in [0.3, 0.4) is 0 Å². The lowest BCUT2D eigenvalue weighted by atomic mass is 9.97. The molecule has 0 radical (unpaired) electrons. The average molecular weight is 422 g/mol. The van der Waals surface area contributed by atoms with Crippen LogP contribution >= 0.6 is 11.8 Å². The fourth-order valence-corrected chi connectivity index (χ4v) is 4.78. The molecular weight excluding hydrogens is 405 g/mol. The summed E-state index contributed by atoms with van der Waals surface area (Å²) in [4.78, 5) is 23.5. The summed E-state index contributed by atoms with van der Waals surface area (Å²) in [7, 11) is 0. The summed E-state index contributed by atoms with van der Waals surface area (Å²) in [6.45, 7) is -0.0890. The molecule has 1 aliphatic heterocycles. The van der Waals surface area contributed by atoms with Gasteiger partial charge in [-0.2, -0.15) is 13.2 Å². The number of rotatable bonds is 4. The molecule has 0 spiro atoms. The van der Waals surface area contributed by atoms with Crippen molar-refractivity contribution in [1.29, 1.82) is 0 Å². The Morgan fingerprint density at radius 1 is 1.17 bits per heavy atom. The van der Waals surface area contributed by atoms with Gasteiger partial charge in [-0.05, 0) is 54.3 Å². The van der Waals surface area contributed by atoms with Crippen LogP contribution in [0.5, 0.6) is 11.5 Å². The highest BCUT2D eigenvalue weighted by Crippen LogP contribution is 2.43. The van der Waals surface area contributed by atoms with Gasteiger partial charge in [0.25, 0.3) is 5.24 Å². The van der Waals surface area contributed by atoms with Gasteiger partial charge in [0, 0.05) is 18.0 Å². The third-order valence-corrected chi connectivity index (χ3v) is 6.27. The van der Waals surface area contributed by atoms with Crippen molar-refractivity contribution < 1.29 is 27.5 Å². The van der Waals surface area contributed by atoms with Crippen LogP contribution in [-0.2, 0) is 23.9 Å². The number of fused-ring (bicyclic) bond motifs is 1. The minimum Gasteiger partial charge on any atom is -0.457 e. The third kappa shape index (κ3) is 3.84. The van der Waals surface area contributed by atoms with E-state index in [0.717, 1.165) is 47.9 Å². The zero-order valence-electron chi connectivity index (χ0n) is 15.1. The lowest BCUT2D eigenvalue weighted by Crippen LogP contribution is -2.27. The quantitative estimate of drug-likeness (QED) is 0.766. The number of nitrogens with one attached hydrogen (secondary N) is 1. The predicted octanol–water partition coefficient (Wildman–Crippen LogP) is 4.34. The number of nitrogens with two attached hydrogens (primary N) is 1. The van der Waals surface area contributed by atoms with Crippen molar-refractivity contribution in [2.75, 3.05) is 0 Å². The largest absolute Gasteiger partial charge is 0.457 e. The number of halogens is 3. The minimum absolute atomic E-state index is 0.0545. The van der Waals surface area contributed by atoms with Crippen LogP contribution in [0.1, 0.15) is 34.6 Å². The molecule has 2 aliphatic rings. The molecule has 4 rings (SSSR count). The second-order valence-electron chi connectivity index (χ2n) is 6.95. The summed E-state index contributed by atoms with van der Waals surface area (Å²) in [5.74, 6) is 0.432. The van der Waals surface area contributed by atoms with Crippen molar-refractivity contribution in [3.63, 3.8) is 0 Å². The number of thioether (sulfide) groups is 1. The van der Waals surface area contributed by atoms with Gasteiger partial charge in [-0.3, -0.25) is 14.9 Å². The lowest BCUT2D eigenvalue weighted by Gasteiger charge is -2.17. The summed E-state index contributed by atoms with van der Waals surface area (Å²) < 4.78 is 44.5. The number of alkyl halides is 3. The molecule has 29 heavy (non-hydrogen) atoms. The molecule has 1 unspecified atom stereocenters. The Kier molecular flexibility index (Phi) is 5.04. The van der Waals surface area contributed by atoms with E-state index >= 15 is 0 Å². The molecule has 5 nitrogen and oxygen atoms in total. The Bertz CT molecular complexity index is 993. The SMILES string of the molecule is NCc1cc(C(F)(F)F)ccc1Oc1ccc2c(c1)CC[C@H]2C1SC(=O)NC1=O. The van der Waals surface area contributed by atoms with Gasteiger partial charge in [0.2, 0.25) is 5.91 Å². The minimum atomic E-state index is -4.45. The maximum Gasteiger partial charge on any atom is 0.416 e. The van der Waals surface area contributed by atoms with Gasteiger partial charge in [-0.25, -0.2) is 0 Å². The van der Waals surface area contributed by atoms with E-state index < -0.39 is 17.0 Å². The number of hydrogen-bond acceptors (Lipinski definition) is 5. The lowest BCUT2D eigenvalue weighted by molar-refractivity contribution is -0.137. The first-order valence-corrected chi connectivity index (χ1v) is 9.86. The Morgan fingerprint density at radius 2 is 1.97 bits per heavy atom. The summed E-state index contributed by atoms with van der Waals surface area (Å²) in [5, 5.41) is 1.55. The van der Waals surface area contributed by atoms with Crippen LogP contribution in [0, 0.1) is 0 Å². The first kappa shape index (κ1) is 19.8. The van der Waals surface area contributed by atoms with Gasteiger partial charge in [0.15, 0.2) is 0 Å². The molecule has 1 aliphatic carbocycles. The van der Waals surface area contributed by atoms with Crippen molar-refractivity contribution in [2.45, 2.75) is 36.7 Å². The van der Waals surface area contributed by atoms with Crippen molar-refractivity contribution in [3.8, 4) is 11.5 Å². The Balaban J connectivity index is 1.56. The molecule has 2 atom stereocenters. The zero-order chi connectivity index (χ0) is 20.8. The van der Waals surface area contributed by atoms with E-state index in [0.29, 0.717) is 5.75 Å². The highest BCUT2D eigenvalue weighted by Gasteiger charge is 2.41. The van der Waals surface area contributed by atoms with E-state index in [1.165, 1.54) is 6.07 Å². The first-order valence-electron chi connectivity index (χ1n) is 8.98. The molecule has 0 bridgehead atoms. The Hall–Kier alpha value is -2.52. The van der Waals surface area contributed by atoms with Gasteiger partial charge in [-0.1, -0.05) is 17.8 Å². The van der Waals surface area contributed by atoms with Crippen LogP contribution in [0.15, 0.2) is 36.4 Å². The fourth-order valence-electron chi connectivity index (χ4n) is 3.78. The maximum atomic E-state index is 12.9. The molecule has 1 saturated heterocycles. The highest BCUT2D eigenvalue weighted by atomic mass is 32.2. The molecule has 2 amide bonds. The van der Waals surface area contributed by atoms with E-state index in [2.05, 4.69) is 5.32 Å². The molecule has 2 aromatic rings. The number of carbonyl (C=O) groups is 2. The second-order valence-corrected chi connectivity index (χ2v) is 8.06. The monoisotopic (exact) mass is 422 g/mol. The van der Waals surface area contributed by atoms with Crippen LogP contribution in [0.2, 0.25) is 0 Å². The molecule has 152 valence electrons. The predicted molar refractivity (Wildman–Crippen MR) is 102 cm³/mol. The number of ether oxygens (including phenoxy) is 1. The molecule has 0 saturated carbocycles. The van der Waals surface area contributed by atoms with Crippen LogP contribution in [0.25, 0.3) is 0 Å². The topological polar surface area (TPSA) is 81.4 Å². The molecule has 0 aromatic heterocycles. The standard InChI is InChI=1S/C20H17F3N2O3S/c21-20(22,23)12-2-6-16(11(7-12)9-24)28-13-3-5-14-10(8-13)1-4-15(14)17-18(26)25-19(27)29-17/h2-3,5-8,15,17H,1,4,9,24H2,(H,25,26,27)/t15-,17?/m1/s1. The molecular formula is C20H17F3N2O3S. The number of hydrogen-bond donors (Lipinski definition) is 2. The van der Waals surface area contributed by atoms with Crippen molar-refractivity contribution in [3.05, 3.63) is 58.7 Å². The number of amides is 2. The van der Waals surface area contributed by atoms with E-state index in [-0.39, 0.29) is 34.9 Å². The number of carbonyl (C=O) groups excluding carboxylic acids is 2. The second kappa shape index (κ2) is 7.38. The molecule has 3 N–H and O–H groups in total. The molecule has 2 aromatic carbocycles. The average Bonchev–Trinajstić information content (AvgIpc) is 3.22. The molecule has 9 heteroatoms. The van der Waals surface area contributed by atoms with Crippen LogP contribution in [0.4, 0.5) is 18.0 Å².